The Balaban J connectivity index is 1.91. The Kier molecular flexibility index (Phi) is 4.17. The fraction of sp³-hybridized carbons (Fsp3) is 0.571. The second kappa shape index (κ2) is 5.67. The number of nitrogens with one attached hydrogen (secondary N) is 1. The van der Waals surface area contributed by atoms with E-state index >= 15 is 0 Å². The normalized spacial score (nSPS) is 13.9. The Morgan fingerprint density at radius 1 is 1.32 bits per heavy atom. The molecule has 19 heavy (non-hydrogen) atoms. The van der Waals surface area contributed by atoms with E-state index in [4.69, 9.17) is 4.74 Å². The summed E-state index contributed by atoms with van der Waals surface area (Å²) in [7, 11) is 1.75. The van der Waals surface area contributed by atoms with Crippen LogP contribution in [0.3, 0.4) is 0 Å². The molecule has 1 aromatic heterocycles. The topological polar surface area (TPSA) is 60.2 Å². The monoisotopic (exact) mass is 263 g/mol. The standard InChI is InChI=1S/C14H21N3O2/c1-10(8-14(2,3)18-4)15-9-11-5-6-12-13(7-11)17-19-16-12/h5-7,10,15H,8-9H2,1-4H3. The molecule has 0 saturated heterocycles. The minimum atomic E-state index is -0.105. The highest BCUT2D eigenvalue weighted by atomic mass is 16.6. The Bertz CT molecular complexity index is 536. The maximum atomic E-state index is 5.44. The molecule has 5 heteroatoms. The zero-order valence-electron chi connectivity index (χ0n) is 11.9. The molecule has 0 saturated carbocycles. The third-order valence-electron chi connectivity index (χ3n) is 3.32. The van der Waals surface area contributed by atoms with Crippen molar-refractivity contribution in [1.82, 2.24) is 15.6 Å². The fourth-order valence-electron chi connectivity index (χ4n) is 2.12. The van der Waals surface area contributed by atoms with E-state index in [9.17, 15) is 0 Å². The van der Waals surface area contributed by atoms with Gasteiger partial charge in [-0.2, -0.15) is 0 Å². The quantitative estimate of drug-likeness (QED) is 0.867. The maximum Gasteiger partial charge on any atom is 0.135 e. The second-order valence-electron chi connectivity index (χ2n) is 5.54. The largest absolute Gasteiger partial charge is 0.379 e. The van der Waals surface area contributed by atoms with Crippen LogP contribution >= 0.6 is 0 Å². The molecule has 1 heterocycles. The molecule has 2 rings (SSSR count). The Labute approximate surface area is 113 Å². The Morgan fingerprint density at radius 2 is 2.05 bits per heavy atom. The van der Waals surface area contributed by atoms with Gasteiger partial charge in [-0.05, 0) is 55.2 Å². The number of fused-ring (bicyclic) bond motifs is 1. The smallest absolute Gasteiger partial charge is 0.135 e. The lowest BCUT2D eigenvalue weighted by molar-refractivity contribution is 0.00844. The number of nitrogens with zero attached hydrogens (tertiary/aromatic N) is 2. The van der Waals surface area contributed by atoms with E-state index in [1.54, 1.807) is 7.11 Å². The van der Waals surface area contributed by atoms with Crippen LogP contribution in [0.15, 0.2) is 22.8 Å². The minimum Gasteiger partial charge on any atom is -0.379 e. The van der Waals surface area contributed by atoms with Gasteiger partial charge in [-0.3, -0.25) is 0 Å². The summed E-state index contributed by atoms with van der Waals surface area (Å²) >= 11 is 0. The van der Waals surface area contributed by atoms with Gasteiger partial charge >= 0.3 is 0 Å². The lowest BCUT2D eigenvalue weighted by Crippen LogP contribution is -2.35. The van der Waals surface area contributed by atoms with Gasteiger partial charge in [0, 0.05) is 19.7 Å². The molecule has 0 aliphatic heterocycles. The molecule has 5 nitrogen and oxygen atoms in total. The number of ether oxygens (including phenoxy) is 1. The maximum absolute atomic E-state index is 5.44. The summed E-state index contributed by atoms with van der Waals surface area (Å²) in [5.74, 6) is 0. The average molecular weight is 263 g/mol. The van der Waals surface area contributed by atoms with Gasteiger partial charge in [0.1, 0.15) is 11.0 Å². The molecule has 0 spiro atoms. The number of hydrogen-bond acceptors (Lipinski definition) is 5. The summed E-state index contributed by atoms with van der Waals surface area (Å²) in [4.78, 5) is 0. The predicted molar refractivity (Wildman–Crippen MR) is 73.8 cm³/mol. The third-order valence-corrected chi connectivity index (χ3v) is 3.32. The number of benzene rings is 1. The average Bonchev–Trinajstić information content (AvgIpc) is 2.83. The summed E-state index contributed by atoms with van der Waals surface area (Å²) in [5.41, 5.74) is 2.65. The highest BCUT2D eigenvalue weighted by molar-refractivity contribution is 5.73. The van der Waals surface area contributed by atoms with Crippen LogP contribution in [0.5, 0.6) is 0 Å². The molecule has 0 radical (unpaired) electrons. The molecular formula is C14H21N3O2. The fourth-order valence-corrected chi connectivity index (χ4v) is 2.12. The van der Waals surface area contributed by atoms with E-state index in [0.717, 1.165) is 24.0 Å². The summed E-state index contributed by atoms with van der Waals surface area (Å²) in [6.07, 6.45) is 0.956. The van der Waals surface area contributed by atoms with E-state index in [2.05, 4.69) is 41.0 Å². The molecule has 0 bridgehead atoms. The first kappa shape index (κ1) is 14.0. The van der Waals surface area contributed by atoms with Gasteiger partial charge in [0.05, 0.1) is 5.60 Å². The van der Waals surface area contributed by atoms with Gasteiger partial charge in [-0.15, -0.1) is 0 Å². The van der Waals surface area contributed by atoms with Gasteiger partial charge in [-0.1, -0.05) is 6.07 Å². The van der Waals surface area contributed by atoms with Crippen molar-refractivity contribution < 1.29 is 9.37 Å². The molecule has 0 aliphatic carbocycles. The number of rotatable bonds is 6. The zero-order valence-corrected chi connectivity index (χ0v) is 11.9. The molecule has 0 amide bonds. The first-order valence-electron chi connectivity index (χ1n) is 6.50. The lowest BCUT2D eigenvalue weighted by Gasteiger charge is -2.27. The van der Waals surface area contributed by atoms with E-state index < -0.39 is 0 Å². The summed E-state index contributed by atoms with van der Waals surface area (Å²) in [6, 6.07) is 6.33. The molecular weight excluding hydrogens is 242 g/mol. The summed E-state index contributed by atoms with van der Waals surface area (Å²) in [6.45, 7) is 7.15. The number of hydrogen-bond donors (Lipinski definition) is 1. The summed E-state index contributed by atoms with van der Waals surface area (Å²) in [5, 5.41) is 11.1. The van der Waals surface area contributed by atoms with E-state index in [0.29, 0.717) is 6.04 Å². The zero-order chi connectivity index (χ0) is 13.9. The molecule has 1 atom stereocenters. The van der Waals surface area contributed by atoms with Gasteiger partial charge in [0.15, 0.2) is 0 Å². The van der Waals surface area contributed by atoms with Gasteiger partial charge in [0.25, 0.3) is 0 Å². The van der Waals surface area contributed by atoms with Crippen LogP contribution in [0.1, 0.15) is 32.8 Å². The van der Waals surface area contributed by atoms with Gasteiger partial charge < -0.3 is 10.1 Å². The van der Waals surface area contributed by atoms with Crippen LogP contribution in [0.4, 0.5) is 0 Å². The van der Waals surface area contributed by atoms with Crippen molar-refractivity contribution in [1.29, 1.82) is 0 Å². The van der Waals surface area contributed by atoms with Crippen LogP contribution in [0.2, 0.25) is 0 Å². The van der Waals surface area contributed by atoms with Crippen molar-refractivity contribution >= 4 is 11.0 Å². The van der Waals surface area contributed by atoms with Crippen molar-refractivity contribution in [3.63, 3.8) is 0 Å². The Morgan fingerprint density at radius 3 is 2.79 bits per heavy atom. The molecule has 2 aromatic rings. The van der Waals surface area contributed by atoms with Crippen LogP contribution < -0.4 is 5.32 Å². The Hall–Kier alpha value is -1.46. The third kappa shape index (κ3) is 3.75. The van der Waals surface area contributed by atoms with E-state index in [-0.39, 0.29) is 5.60 Å². The second-order valence-corrected chi connectivity index (χ2v) is 5.54. The first-order chi connectivity index (χ1) is 9.00. The van der Waals surface area contributed by atoms with Gasteiger partial charge in [0.2, 0.25) is 0 Å². The minimum absolute atomic E-state index is 0.105. The molecule has 1 N–H and O–H groups in total. The van der Waals surface area contributed by atoms with E-state index in [1.807, 2.05) is 18.2 Å². The van der Waals surface area contributed by atoms with Crippen molar-refractivity contribution in [2.45, 2.75) is 45.4 Å². The van der Waals surface area contributed by atoms with Crippen LogP contribution in [0.25, 0.3) is 11.0 Å². The molecule has 1 aromatic carbocycles. The summed E-state index contributed by atoms with van der Waals surface area (Å²) < 4.78 is 10.1. The lowest BCUT2D eigenvalue weighted by atomic mass is 9.99. The highest BCUT2D eigenvalue weighted by Crippen LogP contribution is 2.16. The molecule has 104 valence electrons. The first-order valence-corrected chi connectivity index (χ1v) is 6.50. The molecule has 1 unspecified atom stereocenters. The predicted octanol–water partition coefficient (Wildman–Crippen LogP) is 2.52. The van der Waals surface area contributed by atoms with Crippen molar-refractivity contribution in [3.8, 4) is 0 Å². The van der Waals surface area contributed by atoms with Crippen LogP contribution in [0, 0.1) is 0 Å². The van der Waals surface area contributed by atoms with Crippen molar-refractivity contribution in [3.05, 3.63) is 23.8 Å². The van der Waals surface area contributed by atoms with Crippen molar-refractivity contribution in [2.24, 2.45) is 0 Å². The molecule has 0 fully saturated rings. The molecule has 0 aliphatic rings. The van der Waals surface area contributed by atoms with Gasteiger partial charge in [-0.25, -0.2) is 4.63 Å². The van der Waals surface area contributed by atoms with Crippen LogP contribution in [-0.2, 0) is 11.3 Å². The highest BCUT2D eigenvalue weighted by Gasteiger charge is 2.19. The number of methoxy groups -OCH3 is 1. The number of aromatic nitrogens is 2. The van der Waals surface area contributed by atoms with Crippen molar-refractivity contribution in [2.75, 3.05) is 7.11 Å². The SMILES string of the molecule is COC(C)(C)CC(C)NCc1ccc2nonc2c1. The van der Waals surface area contributed by atoms with E-state index in [1.165, 1.54) is 5.56 Å². The van der Waals surface area contributed by atoms with Crippen LogP contribution in [-0.4, -0.2) is 29.1 Å².